The third-order valence-electron chi connectivity index (χ3n) is 3.18. The lowest BCUT2D eigenvalue weighted by Crippen LogP contribution is -2.19. The second kappa shape index (κ2) is 8.73. The van der Waals surface area contributed by atoms with Crippen LogP contribution in [0.2, 0.25) is 0 Å². The number of aliphatic hydroxyl groups is 1. The first-order valence-corrected chi connectivity index (χ1v) is 6.67. The minimum absolute atomic E-state index is 0.238. The van der Waals surface area contributed by atoms with Crippen LogP contribution in [0.5, 0.6) is 5.75 Å². The van der Waals surface area contributed by atoms with Gasteiger partial charge in [-0.1, -0.05) is 25.1 Å². The van der Waals surface area contributed by atoms with Crippen LogP contribution in [0.3, 0.4) is 0 Å². The molecule has 0 saturated heterocycles. The summed E-state index contributed by atoms with van der Waals surface area (Å²) in [6.45, 7) is 6.83. The summed E-state index contributed by atoms with van der Waals surface area (Å²) >= 11 is 0. The topological polar surface area (TPSA) is 38.7 Å². The first-order chi connectivity index (χ1) is 9.17. The van der Waals surface area contributed by atoms with Crippen LogP contribution in [-0.2, 0) is 11.3 Å². The van der Waals surface area contributed by atoms with E-state index in [-0.39, 0.29) is 12.0 Å². The zero-order valence-electron chi connectivity index (χ0n) is 11.8. The number of benzene rings is 1. The van der Waals surface area contributed by atoms with Crippen molar-refractivity contribution in [3.8, 4) is 5.75 Å². The number of aliphatic hydroxyl groups excluding tert-OH is 1. The summed E-state index contributed by atoms with van der Waals surface area (Å²) in [7, 11) is 1.65. The Morgan fingerprint density at radius 1 is 1.32 bits per heavy atom. The summed E-state index contributed by atoms with van der Waals surface area (Å²) in [5.41, 5.74) is 1.11. The van der Waals surface area contributed by atoms with Crippen molar-refractivity contribution in [3.05, 3.63) is 42.5 Å². The number of rotatable bonds is 9. The van der Waals surface area contributed by atoms with Crippen molar-refractivity contribution in [2.75, 3.05) is 13.7 Å². The quantitative estimate of drug-likeness (QED) is 0.550. The van der Waals surface area contributed by atoms with Crippen molar-refractivity contribution in [2.45, 2.75) is 32.5 Å². The molecule has 1 N–H and O–H groups in total. The number of hydrogen-bond acceptors (Lipinski definition) is 3. The highest BCUT2D eigenvalue weighted by Crippen LogP contribution is 2.14. The SMILES string of the molecule is C=CC[C@@H](C)[C@@H](O)CCOCc1ccc(OC)cc1. The molecular formula is C16H24O3. The molecule has 2 atom stereocenters. The maximum Gasteiger partial charge on any atom is 0.118 e. The molecule has 0 radical (unpaired) electrons. The molecule has 0 aliphatic rings. The molecule has 106 valence electrons. The lowest BCUT2D eigenvalue weighted by atomic mass is 9.99. The number of hydrogen-bond donors (Lipinski definition) is 1. The van der Waals surface area contributed by atoms with Gasteiger partial charge in [-0.05, 0) is 36.5 Å². The molecule has 0 spiro atoms. The Balaban J connectivity index is 2.21. The highest BCUT2D eigenvalue weighted by molar-refractivity contribution is 5.26. The highest BCUT2D eigenvalue weighted by Gasteiger charge is 2.12. The monoisotopic (exact) mass is 264 g/mol. The molecular weight excluding hydrogens is 240 g/mol. The Morgan fingerprint density at radius 3 is 2.58 bits per heavy atom. The molecule has 0 aromatic heterocycles. The summed E-state index contributed by atoms with van der Waals surface area (Å²) < 4.78 is 10.7. The van der Waals surface area contributed by atoms with Gasteiger partial charge in [-0.15, -0.1) is 6.58 Å². The second-order valence-electron chi connectivity index (χ2n) is 4.76. The molecule has 0 aliphatic heterocycles. The van der Waals surface area contributed by atoms with Crippen molar-refractivity contribution in [1.29, 1.82) is 0 Å². The maximum absolute atomic E-state index is 9.87. The van der Waals surface area contributed by atoms with E-state index in [1.54, 1.807) is 7.11 Å². The van der Waals surface area contributed by atoms with Crippen LogP contribution in [0.1, 0.15) is 25.3 Å². The number of allylic oxidation sites excluding steroid dienone is 1. The second-order valence-corrected chi connectivity index (χ2v) is 4.76. The van der Waals surface area contributed by atoms with Gasteiger partial charge >= 0.3 is 0 Å². The fourth-order valence-corrected chi connectivity index (χ4v) is 1.82. The Labute approximate surface area is 115 Å². The minimum atomic E-state index is -0.325. The van der Waals surface area contributed by atoms with Crippen molar-refractivity contribution in [3.63, 3.8) is 0 Å². The lowest BCUT2D eigenvalue weighted by Gasteiger charge is -2.17. The van der Waals surface area contributed by atoms with Crippen LogP contribution in [0.4, 0.5) is 0 Å². The van der Waals surface area contributed by atoms with Crippen molar-refractivity contribution in [2.24, 2.45) is 5.92 Å². The van der Waals surface area contributed by atoms with E-state index in [1.807, 2.05) is 37.3 Å². The molecule has 19 heavy (non-hydrogen) atoms. The van der Waals surface area contributed by atoms with E-state index in [2.05, 4.69) is 6.58 Å². The summed E-state index contributed by atoms with van der Waals surface area (Å²) in [5.74, 6) is 1.08. The molecule has 0 amide bonds. The minimum Gasteiger partial charge on any atom is -0.497 e. The average Bonchev–Trinajstić information content (AvgIpc) is 2.44. The predicted octanol–water partition coefficient (Wildman–Crippen LogP) is 3.18. The molecule has 1 aromatic carbocycles. The number of ether oxygens (including phenoxy) is 2. The fourth-order valence-electron chi connectivity index (χ4n) is 1.82. The summed E-state index contributed by atoms with van der Waals surface area (Å²) in [4.78, 5) is 0. The fraction of sp³-hybridized carbons (Fsp3) is 0.500. The largest absolute Gasteiger partial charge is 0.497 e. The van der Waals surface area contributed by atoms with E-state index in [0.29, 0.717) is 19.6 Å². The third-order valence-corrected chi connectivity index (χ3v) is 3.18. The zero-order valence-corrected chi connectivity index (χ0v) is 11.8. The molecule has 3 heteroatoms. The number of methoxy groups -OCH3 is 1. The van der Waals surface area contributed by atoms with Gasteiger partial charge in [-0.3, -0.25) is 0 Å². The maximum atomic E-state index is 9.87. The van der Waals surface area contributed by atoms with Crippen LogP contribution in [0.25, 0.3) is 0 Å². The highest BCUT2D eigenvalue weighted by atomic mass is 16.5. The third kappa shape index (κ3) is 5.90. The van der Waals surface area contributed by atoms with E-state index >= 15 is 0 Å². The van der Waals surface area contributed by atoms with E-state index in [4.69, 9.17) is 9.47 Å². The smallest absolute Gasteiger partial charge is 0.118 e. The molecule has 0 fully saturated rings. The van der Waals surface area contributed by atoms with Gasteiger partial charge in [-0.25, -0.2) is 0 Å². The predicted molar refractivity (Wildman–Crippen MR) is 77.3 cm³/mol. The van der Waals surface area contributed by atoms with Gasteiger partial charge in [0, 0.05) is 6.61 Å². The Bertz CT molecular complexity index is 359. The normalized spacial score (nSPS) is 13.8. The molecule has 3 nitrogen and oxygen atoms in total. The van der Waals surface area contributed by atoms with Crippen LogP contribution in [0.15, 0.2) is 36.9 Å². The Kier molecular flexibility index (Phi) is 7.23. The lowest BCUT2D eigenvalue weighted by molar-refractivity contribution is 0.0500. The van der Waals surface area contributed by atoms with E-state index in [9.17, 15) is 5.11 Å². The van der Waals surface area contributed by atoms with E-state index < -0.39 is 0 Å². The Hall–Kier alpha value is -1.32. The molecule has 0 saturated carbocycles. The average molecular weight is 264 g/mol. The standard InChI is InChI=1S/C16H24O3/c1-4-5-13(2)16(17)10-11-19-12-14-6-8-15(18-3)9-7-14/h4,6-9,13,16-17H,1,5,10-12H2,2-3H3/t13-,16+/m1/s1. The van der Waals surface area contributed by atoms with Crippen LogP contribution in [-0.4, -0.2) is 24.9 Å². The van der Waals surface area contributed by atoms with Crippen LogP contribution >= 0.6 is 0 Å². The Morgan fingerprint density at radius 2 is 2.00 bits per heavy atom. The zero-order chi connectivity index (χ0) is 14.1. The van der Waals surface area contributed by atoms with Crippen molar-refractivity contribution in [1.82, 2.24) is 0 Å². The van der Waals surface area contributed by atoms with Crippen LogP contribution in [0, 0.1) is 5.92 Å². The van der Waals surface area contributed by atoms with Crippen molar-refractivity contribution >= 4 is 0 Å². The van der Waals surface area contributed by atoms with Gasteiger partial charge in [0.1, 0.15) is 5.75 Å². The first kappa shape index (κ1) is 15.7. The molecule has 0 heterocycles. The van der Waals surface area contributed by atoms with Gasteiger partial charge in [0.15, 0.2) is 0 Å². The molecule has 1 aromatic rings. The van der Waals surface area contributed by atoms with E-state index in [0.717, 1.165) is 17.7 Å². The van der Waals surface area contributed by atoms with Crippen LogP contribution < -0.4 is 4.74 Å². The summed E-state index contributed by atoms with van der Waals surface area (Å²) in [5, 5.41) is 9.87. The van der Waals surface area contributed by atoms with E-state index in [1.165, 1.54) is 0 Å². The van der Waals surface area contributed by atoms with Gasteiger partial charge in [0.05, 0.1) is 19.8 Å². The van der Waals surface area contributed by atoms with Crippen molar-refractivity contribution < 1.29 is 14.6 Å². The molecule has 0 unspecified atom stereocenters. The molecule has 0 bridgehead atoms. The molecule has 0 aliphatic carbocycles. The first-order valence-electron chi connectivity index (χ1n) is 6.67. The summed E-state index contributed by atoms with van der Waals surface area (Å²) in [6, 6.07) is 7.80. The van der Waals surface area contributed by atoms with Gasteiger partial charge in [0.2, 0.25) is 0 Å². The summed E-state index contributed by atoms with van der Waals surface area (Å²) in [6.07, 6.45) is 3.01. The molecule has 1 rings (SSSR count). The van der Waals surface area contributed by atoms with Gasteiger partial charge in [0.25, 0.3) is 0 Å². The van der Waals surface area contributed by atoms with Gasteiger partial charge < -0.3 is 14.6 Å². The van der Waals surface area contributed by atoms with Gasteiger partial charge in [-0.2, -0.15) is 0 Å².